The predicted molar refractivity (Wildman–Crippen MR) is 122 cm³/mol. The van der Waals surface area contributed by atoms with Gasteiger partial charge < -0.3 is 14.0 Å². The van der Waals surface area contributed by atoms with Gasteiger partial charge in [0.15, 0.2) is 0 Å². The summed E-state index contributed by atoms with van der Waals surface area (Å²) in [6.07, 6.45) is -0.630. The van der Waals surface area contributed by atoms with E-state index in [1.807, 2.05) is 51.1 Å². The molecule has 7 nitrogen and oxygen atoms in total. The second kappa shape index (κ2) is 10.7. The first-order chi connectivity index (χ1) is 14.5. The molecule has 0 spiro atoms. The van der Waals surface area contributed by atoms with Crippen molar-refractivity contribution in [2.24, 2.45) is 0 Å². The average molecular weight is 447 g/mol. The van der Waals surface area contributed by atoms with E-state index in [2.05, 4.69) is 10.0 Å². The molecule has 0 aliphatic rings. The maximum absolute atomic E-state index is 12.8. The van der Waals surface area contributed by atoms with Crippen molar-refractivity contribution in [1.82, 2.24) is 4.72 Å². The van der Waals surface area contributed by atoms with Gasteiger partial charge in [-0.1, -0.05) is 42.5 Å². The normalized spacial score (nSPS) is 14.3. The smallest absolute Gasteiger partial charge is 0.411 e. The number of amides is 1. The van der Waals surface area contributed by atoms with Crippen LogP contribution < -0.4 is 10.0 Å². The summed E-state index contributed by atoms with van der Waals surface area (Å²) in [7, 11) is 1.31. The molecule has 1 unspecified atom stereocenters. The first kappa shape index (κ1) is 24.7. The molecule has 1 amide bonds. The highest BCUT2D eigenvalue weighted by molar-refractivity contribution is 7.90. The lowest BCUT2D eigenvalue weighted by Crippen LogP contribution is -2.51. The van der Waals surface area contributed by atoms with Crippen LogP contribution in [0.3, 0.4) is 0 Å². The van der Waals surface area contributed by atoms with E-state index in [0.717, 1.165) is 5.56 Å². The van der Waals surface area contributed by atoms with Crippen molar-refractivity contribution in [1.29, 1.82) is 0 Å². The number of methoxy groups -OCH3 is 1. The van der Waals surface area contributed by atoms with Crippen LogP contribution in [0.25, 0.3) is 0 Å². The minimum Gasteiger partial charge on any atom is -0.598 e. The van der Waals surface area contributed by atoms with E-state index in [9.17, 15) is 14.1 Å². The van der Waals surface area contributed by atoms with Crippen LogP contribution in [-0.4, -0.2) is 28.5 Å². The maximum Gasteiger partial charge on any atom is 0.411 e. The molecule has 0 saturated carbocycles. The number of carbonyl (C=O) groups is 2. The molecular formula is C23H30N2O5S. The highest BCUT2D eigenvalue weighted by Crippen LogP contribution is 2.30. The zero-order valence-corrected chi connectivity index (χ0v) is 19.4. The van der Waals surface area contributed by atoms with Crippen molar-refractivity contribution in [3.63, 3.8) is 0 Å². The number of nitrogens with one attached hydrogen (secondary N) is 2. The number of esters is 1. The summed E-state index contributed by atoms with van der Waals surface area (Å²) in [5.41, 5.74) is 1.08. The van der Waals surface area contributed by atoms with Crippen LogP contribution in [-0.2, 0) is 37.8 Å². The average Bonchev–Trinajstić information content (AvgIpc) is 2.72. The Morgan fingerprint density at radius 3 is 2.32 bits per heavy atom. The van der Waals surface area contributed by atoms with Crippen LogP contribution >= 0.6 is 0 Å². The van der Waals surface area contributed by atoms with Crippen LogP contribution in [0.1, 0.15) is 45.2 Å². The Kier molecular flexibility index (Phi) is 8.50. The lowest BCUT2D eigenvalue weighted by Gasteiger charge is -2.34. The van der Waals surface area contributed by atoms with Gasteiger partial charge in [0, 0.05) is 17.0 Å². The summed E-state index contributed by atoms with van der Waals surface area (Å²) in [5, 5.41) is 2.69. The van der Waals surface area contributed by atoms with Gasteiger partial charge in [-0.05, 0) is 51.0 Å². The number of ether oxygens (including phenoxy) is 2. The monoisotopic (exact) mass is 446 g/mol. The SMILES string of the molecule is COC(=O)CC(C)(N[S@+]([O-])C(C)(C)C)c1cccc(NC(=O)OCc2ccccc2)c1. The molecule has 168 valence electrons. The van der Waals surface area contributed by atoms with E-state index in [1.165, 1.54) is 7.11 Å². The summed E-state index contributed by atoms with van der Waals surface area (Å²) < 4.78 is 25.4. The Bertz CT molecular complexity index is 885. The predicted octanol–water partition coefficient (Wildman–Crippen LogP) is 4.27. The lowest BCUT2D eigenvalue weighted by molar-refractivity contribution is -0.142. The summed E-state index contributed by atoms with van der Waals surface area (Å²) in [5.74, 6) is -0.443. The fourth-order valence-corrected chi connectivity index (χ4v) is 3.64. The summed E-state index contributed by atoms with van der Waals surface area (Å²) in [6.45, 7) is 7.46. The van der Waals surface area contributed by atoms with Crippen molar-refractivity contribution in [2.45, 2.75) is 51.0 Å². The zero-order chi connectivity index (χ0) is 23.1. The first-order valence-corrected chi connectivity index (χ1v) is 11.0. The van der Waals surface area contributed by atoms with Gasteiger partial charge in [0.05, 0.1) is 19.1 Å². The van der Waals surface area contributed by atoms with Gasteiger partial charge in [-0.15, -0.1) is 4.72 Å². The molecule has 8 heteroatoms. The van der Waals surface area contributed by atoms with Gasteiger partial charge in [-0.25, -0.2) is 4.79 Å². The molecule has 2 atom stereocenters. The molecule has 0 aliphatic carbocycles. The number of benzene rings is 2. The molecule has 0 aliphatic heterocycles. The second-order valence-electron chi connectivity index (χ2n) is 8.34. The van der Waals surface area contributed by atoms with E-state index in [1.54, 1.807) is 31.2 Å². The molecule has 2 aromatic carbocycles. The quantitative estimate of drug-likeness (QED) is 0.464. The highest BCUT2D eigenvalue weighted by atomic mass is 32.2. The standard InChI is InChI=1S/C23H30N2O5S/c1-22(2,3)31(28)25-23(4,15-20(26)29-5)18-12-9-13-19(14-18)24-21(27)30-16-17-10-7-6-8-11-17/h6-14,25H,15-16H2,1-5H3,(H,24,27)/t23?,31-/m1/s1. The van der Waals surface area contributed by atoms with Gasteiger partial charge in [0.25, 0.3) is 0 Å². The topological polar surface area (TPSA) is 99.7 Å². The molecule has 0 fully saturated rings. The molecule has 0 saturated heterocycles. The Balaban J connectivity index is 2.17. The third-order valence-electron chi connectivity index (χ3n) is 4.56. The summed E-state index contributed by atoms with van der Waals surface area (Å²) in [6, 6.07) is 16.4. The Morgan fingerprint density at radius 2 is 1.71 bits per heavy atom. The number of hydrogen-bond donors (Lipinski definition) is 2. The Labute approximate surface area is 186 Å². The molecule has 2 N–H and O–H groups in total. The van der Waals surface area contributed by atoms with Crippen LogP contribution in [0.5, 0.6) is 0 Å². The Morgan fingerprint density at radius 1 is 1.03 bits per heavy atom. The van der Waals surface area contributed by atoms with E-state index < -0.39 is 33.7 Å². The van der Waals surface area contributed by atoms with Gasteiger partial charge in [-0.3, -0.25) is 10.1 Å². The van der Waals surface area contributed by atoms with Crippen LogP contribution in [0.15, 0.2) is 54.6 Å². The number of hydrogen-bond acceptors (Lipinski definition) is 6. The summed E-state index contributed by atoms with van der Waals surface area (Å²) >= 11 is -1.44. The van der Waals surface area contributed by atoms with E-state index in [-0.39, 0.29) is 13.0 Å². The molecule has 0 heterocycles. The first-order valence-electron chi connectivity index (χ1n) is 9.88. The van der Waals surface area contributed by atoms with Gasteiger partial charge >= 0.3 is 12.1 Å². The largest absolute Gasteiger partial charge is 0.598 e. The van der Waals surface area contributed by atoms with Crippen LogP contribution in [0, 0.1) is 0 Å². The van der Waals surface area contributed by atoms with Crippen LogP contribution in [0.2, 0.25) is 0 Å². The van der Waals surface area contributed by atoms with Gasteiger partial charge in [0.1, 0.15) is 11.4 Å². The minimum atomic E-state index is -1.44. The molecule has 0 bridgehead atoms. The lowest BCUT2D eigenvalue weighted by atomic mass is 9.89. The second-order valence-corrected chi connectivity index (χ2v) is 10.3. The third kappa shape index (κ3) is 7.57. The van der Waals surface area contributed by atoms with Crippen molar-refractivity contribution in [3.8, 4) is 0 Å². The van der Waals surface area contributed by atoms with Gasteiger partial charge in [-0.2, -0.15) is 0 Å². The molecule has 2 rings (SSSR count). The fraction of sp³-hybridized carbons (Fsp3) is 0.391. The zero-order valence-electron chi connectivity index (χ0n) is 18.6. The van der Waals surface area contributed by atoms with Crippen molar-refractivity contribution in [2.75, 3.05) is 12.4 Å². The number of anilines is 1. The van der Waals surface area contributed by atoms with Crippen molar-refractivity contribution < 1.29 is 23.6 Å². The maximum atomic E-state index is 12.8. The van der Waals surface area contributed by atoms with E-state index in [0.29, 0.717) is 11.3 Å². The fourth-order valence-electron chi connectivity index (χ4n) is 2.73. The summed E-state index contributed by atoms with van der Waals surface area (Å²) in [4.78, 5) is 24.3. The molecule has 2 aromatic rings. The molecule has 0 aromatic heterocycles. The highest BCUT2D eigenvalue weighted by Gasteiger charge is 2.39. The minimum absolute atomic E-state index is 0.0345. The van der Waals surface area contributed by atoms with Crippen molar-refractivity contribution in [3.05, 3.63) is 65.7 Å². The molecule has 0 radical (unpaired) electrons. The Hall–Kier alpha value is -2.55. The van der Waals surface area contributed by atoms with E-state index in [4.69, 9.17) is 9.47 Å². The van der Waals surface area contributed by atoms with Crippen LogP contribution in [0.4, 0.5) is 10.5 Å². The molecular weight excluding hydrogens is 416 g/mol. The van der Waals surface area contributed by atoms with E-state index >= 15 is 0 Å². The third-order valence-corrected chi connectivity index (χ3v) is 6.31. The number of carbonyl (C=O) groups excluding carboxylic acids is 2. The molecule has 31 heavy (non-hydrogen) atoms. The number of rotatable bonds is 8. The van der Waals surface area contributed by atoms with Crippen molar-refractivity contribution >= 4 is 29.1 Å². The van der Waals surface area contributed by atoms with Gasteiger partial charge in [0.2, 0.25) is 0 Å².